The Morgan fingerprint density at radius 3 is 2.07 bits per heavy atom. The summed E-state index contributed by atoms with van der Waals surface area (Å²) in [6, 6.07) is 18.0. The minimum atomic E-state index is -4.68. The summed E-state index contributed by atoms with van der Waals surface area (Å²) < 4.78 is 50.5. The molecule has 2 aromatic carbocycles. The van der Waals surface area contributed by atoms with Gasteiger partial charge in [0.05, 0.1) is 10.9 Å². The molecule has 2 heterocycles. The van der Waals surface area contributed by atoms with Gasteiger partial charge in [0.15, 0.2) is 0 Å². The Bertz CT molecular complexity index is 1100. The van der Waals surface area contributed by atoms with Gasteiger partial charge in [-0.25, -0.2) is 9.97 Å². The molecule has 0 amide bonds. The number of hydrogen-bond acceptors (Lipinski definition) is 5. The zero-order valence-corrected chi connectivity index (χ0v) is 14.2. The SMILES string of the molecule is FC(F)(F)c1nc(Oc2ccc(Oc3ccccn3)cc2)c2ccccc2n1. The molecule has 0 N–H and O–H groups in total. The van der Waals surface area contributed by atoms with E-state index in [0.717, 1.165) is 0 Å². The summed E-state index contributed by atoms with van der Waals surface area (Å²) in [5.74, 6) is -0.180. The number of hydrogen-bond donors (Lipinski definition) is 0. The molecule has 0 fully saturated rings. The number of pyridine rings is 1. The molecule has 5 nitrogen and oxygen atoms in total. The number of aromatic nitrogens is 3. The van der Waals surface area contributed by atoms with Crippen LogP contribution in [0, 0.1) is 0 Å². The molecule has 28 heavy (non-hydrogen) atoms. The fourth-order valence-corrected chi connectivity index (χ4v) is 2.47. The predicted molar refractivity (Wildman–Crippen MR) is 95.4 cm³/mol. The summed E-state index contributed by atoms with van der Waals surface area (Å²) in [7, 11) is 0. The van der Waals surface area contributed by atoms with Crippen molar-refractivity contribution in [1.29, 1.82) is 0 Å². The van der Waals surface area contributed by atoms with E-state index in [9.17, 15) is 13.2 Å². The number of benzene rings is 2. The van der Waals surface area contributed by atoms with Gasteiger partial charge < -0.3 is 9.47 Å². The third-order valence-electron chi connectivity index (χ3n) is 3.72. The second-order valence-corrected chi connectivity index (χ2v) is 5.71. The smallest absolute Gasteiger partial charge is 0.439 e. The Hall–Kier alpha value is -3.68. The lowest BCUT2D eigenvalue weighted by Gasteiger charge is -2.12. The number of nitrogens with zero attached hydrogens (tertiary/aromatic N) is 3. The molecular weight excluding hydrogens is 371 g/mol. The molecule has 0 spiro atoms. The number of ether oxygens (including phenoxy) is 2. The van der Waals surface area contributed by atoms with Crippen molar-refractivity contribution in [1.82, 2.24) is 15.0 Å². The third-order valence-corrected chi connectivity index (χ3v) is 3.72. The first kappa shape index (κ1) is 17.7. The van der Waals surface area contributed by atoms with Crippen LogP contribution in [0.25, 0.3) is 10.9 Å². The van der Waals surface area contributed by atoms with E-state index in [1.165, 1.54) is 6.07 Å². The van der Waals surface area contributed by atoms with Crippen molar-refractivity contribution in [2.45, 2.75) is 6.18 Å². The lowest BCUT2D eigenvalue weighted by molar-refractivity contribution is -0.144. The fourth-order valence-electron chi connectivity index (χ4n) is 2.47. The number of rotatable bonds is 4. The van der Waals surface area contributed by atoms with Gasteiger partial charge in [0, 0.05) is 12.3 Å². The summed E-state index contributed by atoms with van der Waals surface area (Å²) in [6.07, 6.45) is -3.08. The van der Waals surface area contributed by atoms with Crippen LogP contribution in [0.15, 0.2) is 72.9 Å². The second kappa shape index (κ2) is 7.15. The summed E-state index contributed by atoms with van der Waals surface area (Å²) in [5, 5.41) is 0.379. The van der Waals surface area contributed by atoms with Crippen LogP contribution in [-0.2, 0) is 6.18 Å². The maximum absolute atomic E-state index is 13.1. The van der Waals surface area contributed by atoms with Crippen LogP contribution in [0.4, 0.5) is 13.2 Å². The van der Waals surface area contributed by atoms with Crippen LogP contribution >= 0.6 is 0 Å². The van der Waals surface area contributed by atoms with E-state index in [0.29, 0.717) is 22.8 Å². The number of halogens is 3. The zero-order valence-electron chi connectivity index (χ0n) is 14.2. The van der Waals surface area contributed by atoms with Gasteiger partial charge in [0.2, 0.25) is 17.6 Å². The van der Waals surface area contributed by atoms with E-state index in [1.54, 1.807) is 66.9 Å². The Kier molecular flexibility index (Phi) is 4.52. The predicted octanol–water partition coefficient (Wildman–Crippen LogP) is 5.63. The quantitative estimate of drug-likeness (QED) is 0.457. The first-order valence-corrected chi connectivity index (χ1v) is 8.20. The molecule has 0 saturated heterocycles. The minimum Gasteiger partial charge on any atom is -0.439 e. The molecule has 0 aliphatic rings. The van der Waals surface area contributed by atoms with Gasteiger partial charge >= 0.3 is 6.18 Å². The zero-order chi connectivity index (χ0) is 19.6. The van der Waals surface area contributed by atoms with Gasteiger partial charge in [-0.15, -0.1) is 0 Å². The van der Waals surface area contributed by atoms with Crippen LogP contribution in [0.2, 0.25) is 0 Å². The molecule has 4 aromatic rings. The lowest BCUT2D eigenvalue weighted by atomic mass is 10.2. The average molecular weight is 383 g/mol. The van der Waals surface area contributed by atoms with Crippen LogP contribution in [0.5, 0.6) is 23.3 Å². The van der Waals surface area contributed by atoms with Crippen LogP contribution in [0.1, 0.15) is 5.82 Å². The van der Waals surface area contributed by atoms with E-state index >= 15 is 0 Å². The molecule has 8 heteroatoms. The van der Waals surface area contributed by atoms with Gasteiger partial charge in [-0.2, -0.15) is 18.2 Å². The molecule has 2 aromatic heterocycles. The van der Waals surface area contributed by atoms with E-state index in [1.807, 2.05) is 0 Å². The van der Waals surface area contributed by atoms with E-state index in [-0.39, 0.29) is 11.4 Å². The van der Waals surface area contributed by atoms with Crippen LogP contribution in [-0.4, -0.2) is 15.0 Å². The van der Waals surface area contributed by atoms with Crippen molar-refractivity contribution in [3.8, 4) is 23.3 Å². The van der Waals surface area contributed by atoms with Crippen molar-refractivity contribution < 1.29 is 22.6 Å². The Balaban J connectivity index is 1.62. The minimum absolute atomic E-state index is 0.148. The Labute approximate surface area is 157 Å². The molecule has 0 radical (unpaired) electrons. The summed E-state index contributed by atoms with van der Waals surface area (Å²) in [4.78, 5) is 11.2. The highest BCUT2D eigenvalue weighted by atomic mass is 19.4. The van der Waals surface area contributed by atoms with Crippen LogP contribution in [0.3, 0.4) is 0 Å². The lowest BCUT2D eigenvalue weighted by Crippen LogP contribution is -2.11. The summed E-state index contributed by atoms with van der Waals surface area (Å²) in [5.41, 5.74) is 0.148. The third kappa shape index (κ3) is 3.85. The van der Waals surface area contributed by atoms with Crippen molar-refractivity contribution in [2.75, 3.05) is 0 Å². The monoisotopic (exact) mass is 383 g/mol. The highest BCUT2D eigenvalue weighted by molar-refractivity contribution is 5.83. The second-order valence-electron chi connectivity index (χ2n) is 5.71. The first-order valence-electron chi connectivity index (χ1n) is 8.20. The number of fused-ring (bicyclic) bond motifs is 1. The fraction of sp³-hybridized carbons (Fsp3) is 0.0500. The van der Waals surface area contributed by atoms with Crippen molar-refractivity contribution >= 4 is 10.9 Å². The maximum Gasteiger partial charge on any atom is 0.451 e. The first-order chi connectivity index (χ1) is 13.5. The molecule has 0 bridgehead atoms. The molecule has 0 saturated carbocycles. The van der Waals surface area contributed by atoms with Crippen molar-refractivity contribution in [3.63, 3.8) is 0 Å². The van der Waals surface area contributed by atoms with Gasteiger partial charge in [-0.3, -0.25) is 0 Å². The molecule has 0 atom stereocenters. The molecular formula is C20H12F3N3O2. The van der Waals surface area contributed by atoms with E-state index < -0.39 is 12.0 Å². The van der Waals surface area contributed by atoms with Crippen molar-refractivity contribution in [2.24, 2.45) is 0 Å². The maximum atomic E-state index is 13.1. The highest BCUT2D eigenvalue weighted by Gasteiger charge is 2.35. The van der Waals surface area contributed by atoms with Gasteiger partial charge in [0.1, 0.15) is 11.5 Å². The van der Waals surface area contributed by atoms with Gasteiger partial charge in [-0.05, 0) is 42.5 Å². The highest BCUT2D eigenvalue weighted by Crippen LogP contribution is 2.33. The van der Waals surface area contributed by atoms with Crippen molar-refractivity contribution in [3.05, 3.63) is 78.8 Å². The molecule has 140 valence electrons. The topological polar surface area (TPSA) is 57.1 Å². The van der Waals surface area contributed by atoms with Crippen LogP contribution < -0.4 is 9.47 Å². The Morgan fingerprint density at radius 1 is 0.714 bits per heavy atom. The summed E-state index contributed by atoms with van der Waals surface area (Å²) >= 11 is 0. The standard InChI is InChI=1S/C20H12F3N3O2/c21-20(22,23)19-25-16-6-2-1-5-15(16)18(26-19)28-14-10-8-13(9-11-14)27-17-7-3-4-12-24-17/h1-12H. The van der Waals surface area contributed by atoms with E-state index in [4.69, 9.17) is 9.47 Å². The largest absolute Gasteiger partial charge is 0.451 e. The summed E-state index contributed by atoms with van der Waals surface area (Å²) in [6.45, 7) is 0. The number of para-hydroxylation sites is 1. The van der Waals surface area contributed by atoms with E-state index in [2.05, 4.69) is 15.0 Å². The average Bonchev–Trinajstić information content (AvgIpc) is 2.69. The normalized spacial score (nSPS) is 11.4. The molecule has 0 aliphatic heterocycles. The number of alkyl halides is 3. The molecule has 0 unspecified atom stereocenters. The Morgan fingerprint density at radius 2 is 1.39 bits per heavy atom. The molecule has 0 aliphatic carbocycles. The van der Waals surface area contributed by atoms with Gasteiger partial charge in [0.25, 0.3) is 0 Å². The van der Waals surface area contributed by atoms with Gasteiger partial charge in [-0.1, -0.05) is 18.2 Å². The molecule has 4 rings (SSSR count).